The van der Waals surface area contributed by atoms with Gasteiger partial charge in [0.15, 0.2) is 5.75 Å². The second kappa shape index (κ2) is 8.76. The number of amides is 1. The number of rotatable bonds is 6. The van der Waals surface area contributed by atoms with Gasteiger partial charge in [-0.1, -0.05) is 13.0 Å². The lowest BCUT2D eigenvalue weighted by atomic mass is 9.94. The maximum atomic E-state index is 12.9. The Morgan fingerprint density at radius 2 is 1.97 bits per heavy atom. The van der Waals surface area contributed by atoms with Gasteiger partial charge in [0, 0.05) is 18.2 Å². The number of carbonyl (C=O) groups excluding carboxylic acids is 2. The Balaban J connectivity index is 2.23. The highest BCUT2D eigenvalue weighted by Crippen LogP contribution is 2.42. The summed E-state index contributed by atoms with van der Waals surface area (Å²) >= 11 is 3.32. The van der Waals surface area contributed by atoms with E-state index in [9.17, 15) is 29.9 Å². The van der Waals surface area contributed by atoms with Crippen LogP contribution in [0.5, 0.6) is 11.5 Å². The van der Waals surface area contributed by atoms with Gasteiger partial charge in [-0.15, -0.1) is 0 Å². The monoisotopic (exact) mass is 490 g/mol. The molecule has 0 bridgehead atoms. The number of aliphatic hydroxyl groups is 1. The van der Waals surface area contributed by atoms with Crippen molar-refractivity contribution in [2.45, 2.75) is 19.4 Å². The van der Waals surface area contributed by atoms with Gasteiger partial charge in [0.2, 0.25) is 0 Å². The summed E-state index contributed by atoms with van der Waals surface area (Å²) in [5.41, 5.74) is -0.256. The molecule has 1 unspecified atom stereocenters. The van der Waals surface area contributed by atoms with E-state index in [1.807, 2.05) is 6.92 Å². The third kappa shape index (κ3) is 3.98. The Kier molecular flexibility index (Phi) is 6.30. The molecule has 2 aromatic rings. The molecule has 2 aromatic carbocycles. The molecule has 2 N–H and O–H groups in total. The number of nitrogens with zero attached hydrogens (tertiary/aromatic N) is 2. The quantitative estimate of drug-likeness (QED) is 0.206. The summed E-state index contributed by atoms with van der Waals surface area (Å²) in [5.74, 6) is -2.15. The molecule has 0 aromatic heterocycles. The molecular formula is C21H19BrN2O7. The number of Topliss-reactive ketones (excluding diaryl/α,β-unsaturated/α-hetero) is 1. The molecule has 1 amide bonds. The van der Waals surface area contributed by atoms with Gasteiger partial charge in [0.05, 0.1) is 28.1 Å². The first-order chi connectivity index (χ1) is 14.7. The minimum Gasteiger partial charge on any atom is -0.507 e. The van der Waals surface area contributed by atoms with Gasteiger partial charge in [0.25, 0.3) is 11.7 Å². The van der Waals surface area contributed by atoms with E-state index < -0.39 is 39.9 Å². The van der Waals surface area contributed by atoms with Crippen LogP contribution >= 0.6 is 15.9 Å². The number of benzene rings is 2. The zero-order chi connectivity index (χ0) is 22.9. The molecule has 1 atom stereocenters. The van der Waals surface area contributed by atoms with Crippen molar-refractivity contribution in [3.8, 4) is 11.5 Å². The molecule has 1 heterocycles. The van der Waals surface area contributed by atoms with Crippen LogP contribution < -0.4 is 4.74 Å². The van der Waals surface area contributed by atoms with Crippen LogP contribution in [0.3, 0.4) is 0 Å². The van der Waals surface area contributed by atoms with E-state index in [1.165, 1.54) is 30.2 Å². The topological polar surface area (TPSA) is 130 Å². The van der Waals surface area contributed by atoms with Crippen molar-refractivity contribution in [2.75, 3.05) is 13.7 Å². The fraction of sp³-hybridized carbons (Fsp3) is 0.238. The van der Waals surface area contributed by atoms with E-state index >= 15 is 0 Å². The van der Waals surface area contributed by atoms with E-state index in [1.54, 1.807) is 6.07 Å². The normalized spacial score (nSPS) is 17.8. The Morgan fingerprint density at radius 3 is 2.55 bits per heavy atom. The van der Waals surface area contributed by atoms with E-state index in [2.05, 4.69) is 15.9 Å². The van der Waals surface area contributed by atoms with E-state index in [0.717, 1.165) is 12.1 Å². The third-order valence-corrected chi connectivity index (χ3v) is 5.56. The minimum atomic E-state index is -1.04. The second-order valence-corrected chi connectivity index (χ2v) is 7.70. The van der Waals surface area contributed by atoms with Crippen LogP contribution in [0, 0.1) is 10.1 Å². The average Bonchev–Trinajstić information content (AvgIpc) is 2.98. The van der Waals surface area contributed by atoms with Gasteiger partial charge in [-0.05, 0) is 52.2 Å². The van der Waals surface area contributed by atoms with Gasteiger partial charge < -0.3 is 19.8 Å². The van der Waals surface area contributed by atoms with Crippen LogP contribution in [-0.4, -0.2) is 45.4 Å². The molecule has 0 saturated carbocycles. The fourth-order valence-corrected chi connectivity index (χ4v) is 4.06. The predicted octanol–water partition coefficient (Wildman–Crippen LogP) is 3.90. The van der Waals surface area contributed by atoms with Crippen LogP contribution in [0.15, 0.2) is 46.4 Å². The Labute approximate surface area is 185 Å². The summed E-state index contributed by atoms with van der Waals surface area (Å²) in [7, 11) is 1.48. The highest BCUT2D eigenvalue weighted by atomic mass is 79.9. The molecule has 3 rings (SSSR count). The standard InChI is InChI=1S/C21H19BrN2O7/c1-3-8-23-18(11-4-6-15(25)14(10-11)24(29)30)17(20(27)21(23)28)19(26)12-5-7-16(31-2)13(22)9-12/h4-7,9-10,18,25-26H,3,8H2,1-2H3/b19-17-. The number of nitro groups is 1. The largest absolute Gasteiger partial charge is 0.507 e. The number of ketones is 1. The van der Waals surface area contributed by atoms with Gasteiger partial charge in [-0.3, -0.25) is 19.7 Å². The number of likely N-dealkylation sites (tertiary alicyclic amines) is 1. The van der Waals surface area contributed by atoms with Crippen molar-refractivity contribution in [1.82, 2.24) is 4.90 Å². The minimum absolute atomic E-state index is 0.185. The number of phenolic OH excluding ortho intramolecular Hbond substituents is 1. The number of hydrogen-bond donors (Lipinski definition) is 2. The third-order valence-electron chi connectivity index (χ3n) is 4.94. The fourth-order valence-electron chi connectivity index (χ4n) is 3.52. The number of hydrogen-bond acceptors (Lipinski definition) is 7. The molecule has 0 spiro atoms. The van der Waals surface area contributed by atoms with Crippen molar-refractivity contribution in [2.24, 2.45) is 0 Å². The molecule has 31 heavy (non-hydrogen) atoms. The highest BCUT2D eigenvalue weighted by Gasteiger charge is 2.46. The van der Waals surface area contributed by atoms with Crippen molar-refractivity contribution < 1.29 is 29.5 Å². The van der Waals surface area contributed by atoms with Gasteiger partial charge in [0.1, 0.15) is 11.5 Å². The first-order valence-electron chi connectivity index (χ1n) is 9.30. The van der Waals surface area contributed by atoms with Gasteiger partial charge in [-0.2, -0.15) is 0 Å². The van der Waals surface area contributed by atoms with Crippen molar-refractivity contribution in [3.05, 3.63) is 67.7 Å². The SMILES string of the molecule is CCCN1C(=O)C(=O)/C(=C(\O)c2ccc(OC)c(Br)c2)C1c1ccc(O)c([N+](=O)[O-])c1. The Morgan fingerprint density at radius 1 is 1.26 bits per heavy atom. The molecule has 9 nitrogen and oxygen atoms in total. The molecule has 0 aliphatic carbocycles. The van der Waals surface area contributed by atoms with Gasteiger partial charge >= 0.3 is 5.69 Å². The number of aliphatic hydroxyl groups excluding tert-OH is 1. The maximum absolute atomic E-state index is 12.9. The zero-order valence-electron chi connectivity index (χ0n) is 16.7. The highest BCUT2D eigenvalue weighted by molar-refractivity contribution is 9.10. The van der Waals surface area contributed by atoms with E-state index in [4.69, 9.17) is 4.74 Å². The second-order valence-electron chi connectivity index (χ2n) is 6.85. The number of phenols is 1. The Hall–Kier alpha value is -3.40. The smallest absolute Gasteiger partial charge is 0.311 e. The average molecular weight is 491 g/mol. The number of carbonyl (C=O) groups is 2. The predicted molar refractivity (Wildman–Crippen MR) is 115 cm³/mol. The number of nitro benzene ring substituents is 1. The molecule has 1 fully saturated rings. The first-order valence-corrected chi connectivity index (χ1v) is 10.1. The summed E-state index contributed by atoms with van der Waals surface area (Å²) in [6.45, 7) is 2.02. The summed E-state index contributed by atoms with van der Waals surface area (Å²) in [4.78, 5) is 37.3. The van der Waals surface area contributed by atoms with Crippen LogP contribution in [0.25, 0.3) is 5.76 Å². The lowest BCUT2D eigenvalue weighted by molar-refractivity contribution is -0.385. The van der Waals surface area contributed by atoms with E-state index in [0.29, 0.717) is 16.6 Å². The zero-order valence-corrected chi connectivity index (χ0v) is 18.2. The summed E-state index contributed by atoms with van der Waals surface area (Å²) in [5, 5.41) is 32.0. The first kappa shape index (κ1) is 22.3. The number of methoxy groups -OCH3 is 1. The molecule has 10 heteroatoms. The molecular weight excluding hydrogens is 472 g/mol. The van der Waals surface area contributed by atoms with Crippen LogP contribution in [-0.2, 0) is 9.59 Å². The van der Waals surface area contributed by atoms with Crippen molar-refractivity contribution >= 4 is 39.1 Å². The van der Waals surface area contributed by atoms with Crippen LogP contribution in [0.1, 0.15) is 30.5 Å². The van der Waals surface area contributed by atoms with Crippen LogP contribution in [0.4, 0.5) is 5.69 Å². The molecule has 1 saturated heterocycles. The summed E-state index contributed by atoms with van der Waals surface area (Å²) < 4.78 is 5.69. The van der Waals surface area contributed by atoms with Gasteiger partial charge in [-0.25, -0.2) is 0 Å². The van der Waals surface area contributed by atoms with Crippen LogP contribution in [0.2, 0.25) is 0 Å². The molecule has 1 aliphatic heterocycles. The summed E-state index contributed by atoms with van der Waals surface area (Å²) in [6.07, 6.45) is 0.526. The maximum Gasteiger partial charge on any atom is 0.311 e. The molecule has 1 aliphatic rings. The number of halogens is 1. The lowest BCUT2D eigenvalue weighted by Gasteiger charge is -2.24. The lowest BCUT2D eigenvalue weighted by Crippen LogP contribution is -2.30. The molecule has 162 valence electrons. The van der Waals surface area contributed by atoms with Crippen molar-refractivity contribution in [3.63, 3.8) is 0 Å². The van der Waals surface area contributed by atoms with E-state index in [-0.39, 0.29) is 23.2 Å². The van der Waals surface area contributed by atoms with Crippen molar-refractivity contribution in [1.29, 1.82) is 0 Å². The Bertz CT molecular complexity index is 1110. The summed E-state index contributed by atoms with van der Waals surface area (Å²) in [6, 6.07) is 7.23. The molecule has 0 radical (unpaired) electrons. The number of aromatic hydroxyl groups is 1. The number of ether oxygens (including phenoxy) is 1.